The molecule has 1 aromatic rings. The Hall–Kier alpha value is -0.310. The summed E-state index contributed by atoms with van der Waals surface area (Å²) in [7, 11) is 0. The fraction of sp³-hybridized carbons (Fsp3) is 0. The van der Waals surface area contributed by atoms with Crippen molar-refractivity contribution in [2.24, 2.45) is 4.99 Å². The average Bonchev–Trinajstić information content (AvgIpc) is 2.08. The molecule has 0 heterocycles. The van der Waals surface area contributed by atoms with Crippen molar-refractivity contribution in [2.45, 2.75) is 0 Å². The highest BCUT2D eigenvalue weighted by Crippen LogP contribution is 2.35. The number of aliphatic imine (C=N–C) groups is 1. The Labute approximate surface area is 95.2 Å². The molecule has 4 heteroatoms. The summed E-state index contributed by atoms with van der Waals surface area (Å²) >= 11 is 14.9. The molecule has 1 nitrogen and oxygen atoms in total. The minimum absolute atomic E-state index is 0.400. The van der Waals surface area contributed by atoms with E-state index in [4.69, 9.17) is 23.2 Å². The van der Waals surface area contributed by atoms with Crippen LogP contribution in [0.3, 0.4) is 0 Å². The fourth-order valence-electron chi connectivity index (χ4n) is 0.884. The highest BCUT2D eigenvalue weighted by atomic mass is 79.9. The summed E-state index contributed by atoms with van der Waals surface area (Å²) in [5.41, 5.74) is 1.36. The third-order valence-corrected chi connectivity index (χ3v) is 2.90. The number of rotatable bonds is 2. The molecule has 0 aromatic heterocycles. The van der Waals surface area contributed by atoms with Gasteiger partial charge in [0.15, 0.2) is 0 Å². The Bertz CT molecular complexity index is 374. The number of hydrogen-bond acceptors (Lipinski definition) is 1. The van der Waals surface area contributed by atoms with Gasteiger partial charge in [0.05, 0.1) is 10.7 Å². The van der Waals surface area contributed by atoms with Crippen molar-refractivity contribution in [1.82, 2.24) is 0 Å². The van der Waals surface area contributed by atoms with E-state index in [0.717, 1.165) is 4.47 Å². The summed E-state index contributed by atoms with van der Waals surface area (Å²) in [6.07, 6.45) is 0. The number of hydrogen-bond donors (Lipinski definition) is 0. The van der Waals surface area contributed by atoms with Gasteiger partial charge in [-0.15, -0.1) is 0 Å². The lowest BCUT2D eigenvalue weighted by molar-refractivity contribution is 1.50. The molecule has 1 rings (SSSR count). The molecule has 0 spiro atoms. The largest absolute Gasteiger partial charge is 0.264 e. The van der Waals surface area contributed by atoms with Crippen LogP contribution in [0.2, 0.25) is 5.02 Å². The van der Waals surface area contributed by atoms with Crippen LogP contribution in [0.15, 0.2) is 28.2 Å². The van der Waals surface area contributed by atoms with Gasteiger partial charge in [-0.3, -0.25) is 4.99 Å². The Morgan fingerprint density at radius 2 is 2.08 bits per heavy atom. The molecule has 0 aliphatic heterocycles. The summed E-state index contributed by atoms with van der Waals surface area (Å²) in [4.78, 5) is 3.81. The molecule has 0 aliphatic carbocycles. The normalized spacial score (nSPS) is 9.77. The van der Waals surface area contributed by atoms with E-state index in [-0.39, 0.29) is 0 Å². The van der Waals surface area contributed by atoms with Crippen molar-refractivity contribution in [2.75, 3.05) is 0 Å². The van der Waals surface area contributed by atoms with Crippen LogP contribution in [0.1, 0.15) is 5.56 Å². The zero-order valence-corrected chi connectivity index (χ0v) is 9.75. The first-order valence-corrected chi connectivity index (χ1v) is 4.91. The lowest BCUT2D eigenvalue weighted by atomic mass is 10.2. The monoisotopic (exact) mass is 277 g/mol. The summed E-state index contributed by atoms with van der Waals surface area (Å²) in [6.45, 7) is 7.04. The molecule has 0 saturated carbocycles. The Morgan fingerprint density at radius 3 is 2.54 bits per heavy atom. The smallest absolute Gasteiger partial charge is 0.0721 e. The average molecular weight is 279 g/mol. The Kier molecular flexibility index (Phi) is 3.54. The Balaban J connectivity index is 3.41. The molecular formula is C9H6BrCl2N. The Morgan fingerprint density at radius 1 is 1.46 bits per heavy atom. The van der Waals surface area contributed by atoms with Crippen LogP contribution in [0, 0.1) is 0 Å². The van der Waals surface area contributed by atoms with Crippen LogP contribution in [0.25, 0.3) is 5.03 Å². The molecule has 0 saturated heterocycles. The third-order valence-electron chi connectivity index (χ3n) is 1.50. The lowest BCUT2D eigenvalue weighted by Crippen LogP contribution is -1.79. The molecule has 0 N–H and O–H groups in total. The molecule has 68 valence electrons. The van der Waals surface area contributed by atoms with Gasteiger partial charge in [0.1, 0.15) is 0 Å². The molecule has 0 amide bonds. The first-order chi connectivity index (χ1) is 6.06. The summed E-state index contributed by atoms with van der Waals surface area (Å²) in [6, 6.07) is 3.45. The zero-order valence-electron chi connectivity index (χ0n) is 6.65. The van der Waals surface area contributed by atoms with E-state index in [9.17, 15) is 0 Å². The maximum absolute atomic E-state index is 5.88. The van der Waals surface area contributed by atoms with Crippen molar-refractivity contribution in [3.05, 3.63) is 33.8 Å². The van der Waals surface area contributed by atoms with Gasteiger partial charge >= 0.3 is 0 Å². The number of benzene rings is 1. The number of nitrogens with zero attached hydrogens (tertiary/aromatic N) is 1. The van der Waals surface area contributed by atoms with E-state index in [1.807, 2.05) is 0 Å². The molecule has 0 unspecified atom stereocenters. The van der Waals surface area contributed by atoms with Crippen molar-refractivity contribution in [3.63, 3.8) is 0 Å². The lowest BCUT2D eigenvalue weighted by Gasteiger charge is -2.05. The minimum Gasteiger partial charge on any atom is -0.264 e. The van der Waals surface area contributed by atoms with Crippen LogP contribution >= 0.6 is 39.1 Å². The van der Waals surface area contributed by atoms with Gasteiger partial charge in [-0.05, 0) is 34.8 Å². The first kappa shape index (κ1) is 10.8. The van der Waals surface area contributed by atoms with Gasteiger partial charge in [0.25, 0.3) is 0 Å². The molecule has 0 fully saturated rings. The van der Waals surface area contributed by atoms with E-state index in [0.29, 0.717) is 21.3 Å². The molecule has 13 heavy (non-hydrogen) atoms. The van der Waals surface area contributed by atoms with E-state index >= 15 is 0 Å². The second-order valence-electron chi connectivity index (χ2n) is 2.35. The van der Waals surface area contributed by atoms with Crippen LogP contribution in [0.4, 0.5) is 5.69 Å². The molecule has 0 bridgehead atoms. The van der Waals surface area contributed by atoms with Crippen molar-refractivity contribution in [1.29, 1.82) is 0 Å². The van der Waals surface area contributed by atoms with Crippen LogP contribution < -0.4 is 0 Å². The maximum Gasteiger partial charge on any atom is 0.0721 e. The van der Waals surface area contributed by atoms with E-state index in [2.05, 4.69) is 34.2 Å². The number of halogens is 3. The summed E-state index contributed by atoms with van der Waals surface area (Å²) in [5, 5.41) is 0.973. The first-order valence-electron chi connectivity index (χ1n) is 3.37. The van der Waals surface area contributed by atoms with Gasteiger partial charge in [-0.2, -0.15) is 0 Å². The second-order valence-corrected chi connectivity index (χ2v) is 4.06. The van der Waals surface area contributed by atoms with Gasteiger partial charge in [-0.25, -0.2) is 0 Å². The van der Waals surface area contributed by atoms with E-state index < -0.39 is 0 Å². The molecule has 0 aliphatic rings. The van der Waals surface area contributed by atoms with Crippen molar-refractivity contribution >= 4 is 56.6 Å². The third kappa shape index (κ3) is 2.33. The van der Waals surface area contributed by atoms with Gasteiger partial charge in [0.2, 0.25) is 0 Å². The van der Waals surface area contributed by atoms with Gasteiger partial charge in [-0.1, -0.05) is 29.8 Å². The molecule has 0 radical (unpaired) electrons. The van der Waals surface area contributed by atoms with Crippen LogP contribution in [0.5, 0.6) is 0 Å². The zero-order chi connectivity index (χ0) is 10.0. The van der Waals surface area contributed by atoms with Crippen molar-refractivity contribution < 1.29 is 0 Å². The standard InChI is InChI=1S/C9H6BrCl2N/c1-5(11)6-3-8(12)7(10)4-9(6)13-2/h3-4H,1-2H2. The summed E-state index contributed by atoms with van der Waals surface area (Å²) < 4.78 is 0.762. The maximum atomic E-state index is 5.88. The van der Waals surface area contributed by atoms with Gasteiger partial charge < -0.3 is 0 Å². The topological polar surface area (TPSA) is 12.4 Å². The van der Waals surface area contributed by atoms with E-state index in [1.165, 1.54) is 0 Å². The predicted octanol–water partition coefficient (Wildman–Crippen LogP) is 4.64. The molecule has 0 atom stereocenters. The fourth-order valence-corrected chi connectivity index (χ4v) is 1.53. The summed E-state index contributed by atoms with van der Waals surface area (Å²) in [5.74, 6) is 0. The highest BCUT2D eigenvalue weighted by Gasteiger charge is 2.07. The predicted molar refractivity (Wildman–Crippen MR) is 63.2 cm³/mol. The minimum atomic E-state index is 0.400. The van der Waals surface area contributed by atoms with Gasteiger partial charge in [0, 0.05) is 15.1 Å². The van der Waals surface area contributed by atoms with Crippen molar-refractivity contribution in [3.8, 4) is 0 Å². The van der Waals surface area contributed by atoms with Crippen LogP contribution in [-0.4, -0.2) is 6.72 Å². The second kappa shape index (κ2) is 4.27. The quantitative estimate of drug-likeness (QED) is 0.699. The molecule has 1 aromatic carbocycles. The highest BCUT2D eigenvalue weighted by molar-refractivity contribution is 9.10. The SMILES string of the molecule is C=Nc1cc(Br)c(Cl)cc1C(=C)Cl. The molecular weight excluding hydrogens is 273 g/mol. The van der Waals surface area contributed by atoms with E-state index in [1.54, 1.807) is 12.1 Å². The van der Waals surface area contributed by atoms with Crippen LogP contribution in [-0.2, 0) is 0 Å².